The summed E-state index contributed by atoms with van der Waals surface area (Å²) < 4.78 is 39.7. The highest BCUT2D eigenvalue weighted by atomic mass is 19.2. The van der Waals surface area contributed by atoms with Crippen LogP contribution in [0.1, 0.15) is 76.2 Å². The van der Waals surface area contributed by atoms with Gasteiger partial charge in [-0.05, 0) is 92.7 Å². The molecule has 0 heterocycles. The Bertz CT molecular complexity index is 585. The van der Waals surface area contributed by atoms with Gasteiger partial charge in [-0.15, -0.1) is 6.58 Å². The molecule has 2 fully saturated rings. The zero-order valence-electron chi connectivity index (χ0n) is 16.4. The number of rotatable bonds is 7. The lowest BCUT2D eigenvalue weighted by Gasteiger charge is -2.38. The molecule has 3 heteroatoms. The van der Waals surface area contributed by atoms with Crippen LogP contribution in [0.3, 0.4) is 0 Å². The molecule has 1 aromatic carbocycles. The number of halogens is 3. The smallest absolute Gasteiger partial charge is 0.194 e. The van der Waals surface area contributed by atoms with E-state index in [0.29, 0.717) is 17.9 Å². The standard InChI is InChI=1S/C24H33F3/c1-2-3-4-17-7-11-20(12-8-17)21-13-9-18(10-14-21)5-6-19-15-22(25)24(27)23(26)16-19/h2,15-18,20-21H,1,3-14H2/t17-,18-,20-,21-. The van der Waals surface area contributed by atoms with Crippen molar-refractivity contribution in [3.63, 3.8) is 0 Å². The van der Waals surface area contributed by atoms with E-state index in [0.717, 1.165) is 42.7 Å². The van der Waals surface area contributed by atoms with Gasteiger partial charge in [0.25, 0.3) is 0 Å². The van der Waals surface area contributed by atoms with Gasteiger partial charge in [0.1, 0.15) is 0 Å². The first-order valence-electron chi connectivity index (χ1n) is 10.8. The molecule has 0 atom stereocenters. The van der Waals surface area contributed by atoms with E-state index >= 15 is 0 Å². The minimum Gasteiger partial charge on any atom is -0.204 e. The van der Waals surface area contributed by atoms with Crippen molar-refractivity contribution in [3.05, 3.63) is 47.8 Å². The van der Waals surface area contributed by atoms with Crippen LogP contribution in [0.4, 0.5) is 13.2 Å². The summed E-state index contributed by atoms with van der Waals surface area (Å²) in [7, 11) is 0. The van der Waals surface area contributed by atoms with Crippen molar-refractivity contribution in [3.8, 4) is 0 Å². The third-order valence-corrected chi connectivity index (χ3v) is 7.11. The van der Waals surface area contributed by atoms with Crippen molar-refractivity contribution in [1.29, 1.82) is 0 Å². The van der Waals surface area contributed by atoms with Crippen LogP contribution in [0.2, 0.25) is 0 Å². The molecule has 150 valence electrons. The predicted molar refractivity (Wildman–Crippen MR) is 105 cm³/mol. The molecule has 0 saturated heterocycles. The Balaban J connectivity index is 1.39. The average Bonchev–Trinajstić information content (AvgIpc) is 2.69. The molecule has 2 aliphatic rings. The normalized spacial score (nSPS) is 28.9. The summed E-state index contributed by atoms with van der Waals surface area (Å²) in [6.07, 6.45) is 16.7. The van der Waals surface area contributed by atoms with Gasteiger partial charge in [-0.1, -0.05) is 31.8 Å². The Kier molecular flexibility index (Phi) is 7.43. The second kappa shape index (κ2) is 9.80. The molecule has 0 N–H and O–H groups in total. The Morgan fingerprint density at radius 2 is 1.26 bits per heavy atom. The summed E-state index contributed by atoms with van der Waals surface area (Å²) in [6, 6.07) is 2.30. The Morgan fingerprint density at radius 3 is 1.74 bits per heavy atom. The zero-order chi connectivity index (χ0) is 19.2. The van der Waals surface area contributed by atoms with Gasteiger partial charge in [-0.3, -0.25) is 0 Å². The van der Waals surface area contributed by atoms with Crippen LogP contribution >= 0.6 is 0 Å². The summed E-state index contributed by atoms with van der Waals surface area (Å²) >= 11 is 0. The number of benzene rings is 1. The second-order valence-electron chi connectivity index (χ2n) is 8.84. The van der Waals surface area contributed by atoms with Crippen LogP contribution < -0.4 is 0 Å². The van der Waals surface area contributed by atoms with Crippen LogP contribution in [0.25, 0.3) is 0 Å². The molecule has 0 aliphatic heterocycles. The molecule has 0 aromatic heterocycles. The molecule has 2 saturated carbocycles. The van der Waals surface area contributed by atoms with Crippen molar-refractivity contribution in [2.24, 2.45) is 23.7 Å². The fourth-order valence-electron chi connectivity index (χ4n) is 5.37. The minimum atomic E-state index is -1.36. The fraction of sp³-hybridized carbons (Fsp3) is 0.667. The molecular formula is C24H33F3. The number of hydrogen-bond acceptors (Lipinski definition) is 0. The molecule has 0 nitrogen and oxygen atoms in total. The topological polar surface area (TPSA) is 0 Å². The lowest BCUT2D eigenvalue weighted by atomic mass is 9.68. The average molecular weight is 379 g/mol. The SMILES string of the molecule is C=CCC[C@H]1CC[C@H]([C@H]2CC[C@H](CCc3cc(F)c(F)c(F)c3)CC2)CC1. The van der Waals surface area contributed by atoms with Gasteiger partial charge in [-0.25, -0.2) is 13.2 Å². The predicted octanol–water partition coefficient (Wildman–Crippen LogP) is 7.62. The van der Waals surface area contributed by atoms with Crippen LogP contribution in [-0.2, 0) is 6.42 Å². The number of allylic oxidation sites excluding steroid dienone is 1. The monoisotopic (exact) mass is 378 g/mol. The fourth-order valence-corrected chi connectivity index (χ4v) is 5.37. The van der Waals surface area contributed by atoms with Crippen molar-refractivity contribution >= 4 is 0 Å². The van der Waals surface area contributed by atoms with Gasteiger partial charge in [0.05, 0.1) is 0 Å². The van der Waals surface area contributed by atoms with E-state index in [9.17, 15) is 13.2 Å². The number of aryl methyl sites for hydroxylation is 1. The molecule has 27 heavy (non-hydrogen) atoms. The second-order valence-corrected chi connectivity index (χ2v) is 8.84. The van der Waals surface area contributed by atoms with Crippen molar-refractivity contribution in [2.45, 2.75) is 77.0 Å². The molecule has 1 aromatic rings. The summed E-state index contributed by atoms with van der Waals surface area (Å²) in [5.74, 6) is -0.171. The van der Waals surface area contributed by atoms with Gasteiger partial charge in [0.2, 0.25) is 0 Å². The molecule has 0 spiro atoms. The largest absolute Gasteiger partial charge is 0.204 e. The van der Waals surface area contributed by atoms with Crippen LogP contribution in [0.15, 0.2) is 24.8 Å². The molecule has 3 rings (SSSR count). The molecule has 2 aliphatic carbocycles. The van der Waals surface area contributed by atoms with Crippen molar-refractivity contribution in [1.82, 2.24) is 0 Å². The number of hydrogen-bond donors (Lipinski definition) is 0. The van der Waals surface area contributed by atoms with E-state index in [4.69, 9.17) is 0 Å². The summed E-state index contributed by atoms with van der Waals surface area (Å²) in [5, 5.41) is 0. The zero-order valence-corrected chi connectivity index (χ0v) is 16.4. The van der Waals surface area contributed by atoms with E-state index in [1.54, 1.807) is 0 Å². The molecular weight excluding hydrogens is 345 g/mol. The maximum absolute atomic E-state index is 13.3. The van der Waals surface area contributed by atoms with E-state index < -0.39 is 17.5 Å². The first-order valence-corrected chi connectivity index (χ1v) is 10.8. The van der Waals surface area contributed by atoms with E-state index in [2.05, 4.69) is 6.58 Å². The maximum Gasteiger partial charge on any atom is 0.194 e. The first-order chi connectivity index (χ1) is 13.1. The highest BCUT2D eigenvalue weighted by Crippen LogP contribution is 2.43. The molecule has 0 amide bonds. The van der Waals surface area contributed by atoms with Crippen LogP contribution in [-0.4, -0.2) is 0 Å². The Hall–Kier alpha value is -1.25. The van der Waals surface area contributed by atoms with Gasteiger partial charge in [0, 0.05) is 0 Å². The highest BCUT2D eigenvalue weighted by Gasteiger charge is 2.30. The van der Waals surface area contributed by atoms with Crippen molar-refractivity contribution < 1.29 is 13.2 Å². The van der Waals surface area contributed by atoms with E-state index in [1.165, 1.54) is 57.8 Å². The first kappa shape index (κ1) is 20.5. The van der Waals surface area contributed by atoms with Gasteiger partial charge in [0.15, 0.2) is 17.5 Å². The Labute approximate surface area is 162 Å². The van der Waals surface area contributed by atoms with Gasteiger partial charge >= 0.3 is 0 Å². The third kappa shape index (κ3) is 5.62. The quantitative estimate of drug-likeness (QED) is 0.338. The molecule has 0 unspecified atom stereocenters. The minimum absolute atomic E-state index is 0.575. The van der Waals surface area contributed by atoms with Crippen molar-refractivity contribution in [2.75, 3.05) is 0 Å². The molecule has 0 bridgehead atoms. The van der Waals surface area contributed by atoms with E-state index in [-0.39, 0.29) is 0 Å². The summed E-state index contributed by atoms with van der Waals surface area (Å²) in [6.45, 7) is 3.83. The Morgan fingerprint density at radius 1 is 0.778 bits per heavy atom. The lowest BCUT2D eigenvalue weighted by molar-refractivity contribution is 0.141. The highest BCUT2D eigenvalue weighted by molar-refractivity contribution is 5.19. The maximum atomic E-state index is 13.3. The third-order valence-electron chi connectivity index (χ3n) is 7.11. The van der Waals surface area contributed by atoms with Gasteiger partial charge < -0.3 is 0 Å². The van der Waals surface area contributed by atoms with Crippen LogP contribution in [0, 0.1) is 41.1 Å². The summed E-state index contributed by atoms with van der Waals surface area (Å²) in [5.41, 5.74) is 0.575. The molecule has 0 radical (unpaired) electrons. The lowest BCUT2D eigenvalue weighted by Crippen LogP contribution is -2.26. The van der Waals surface area contributed by atoms with E-state index in [1.807, 2.05) is 6.08 Å². The van der Waals surface area contributed by atoms with Crippen LogP contribution in [0.5, 0.6) is 0 Å². The van der Waals surface area contributed by atoms with Gasteiger partial charge in [-0.2, -0.15) is 0 Å². The summed E-state index contributed by atoms with van der Waals surface area (Å²) in [4.78, 5) is 0.